The molecule has 0 heterocycles. The lowest BCUT2D eigenvalue weighted by molar-refractivity contribution is -0.138. The van der Waals surface area contributed by atoms with Crippen molar-refractivity contribution in [1.29, 1.82) is 0 Å². The number of hydrogen-bond donors (Lipinski definition) is 0. The first kappa shape index (κ1) is 11.0. The summed E-state index contributed by atoms with van der Waals surface area (Å²) < 4.78 is 9.73. The monoisotopic (exact) mass is 204 g/mol. The van der Waals surface area contributed by atoms with E-state index in [1.807, 2.05) is 30.3 Å². The maximum absolute atomic E-state index is 10.9. The van der Waals surface area contributed by atoms with Crippen molar-refractivity contribution in [3.05, 3.63) is 54.5 Å². The van der Waals surface area contributed by atoms with Crippen molar-refractivity contribution in [1.82, 2.24) is 0 Å². The summed E-state index contributed by atoms with van der Waals surface area (Å²) >= 11 is 0. The zero-order valence-corrected chi connectivity index (χ0v) is 8.47. The Bertz CT molecular complexity index is 366. The largest absolute Gasteiger partial charge is 0.468 e. The highest BCUT2D eigenvalue weighted by Crippen LogP contribution is 2.08. The van der Waals surface area contributed by atoms with Gasteiger partial charge in [-0.25, -0.2) is 4.79 Å². The molecule has 0 saturated heterocycles. The normalized spacial score (nSPS) is 10.6. The Balaban J connectivity index is 2.78. The highest BCUT2D eigenvalue weighted by molar-refractivity contribution is 5.82. The molecule has 0 saturated carbocycles. The second-order valence-corrected chi connectivity index (χ2v) is 2.70. The van der Waals surface area contributed by atoms with Crippen LogP contribution in [0.1, 0.15) is 5.56 Å². The van der Waals surface area contributed by atoms with E-state index in [2.05, 4.69) is 6.58 Å². The Hall–Kier alpha value is -2.03. The number of rotatable bonds is 4. The number of methoxy groups -OCH3 is 1. The molecule has 0 aromatic heterocycles. The number of ether oxygens (including phenoxy) is 2. The van der Waals surface area contributed by atoms with Gasteiger partial charge < -0.3 is 9.47 Å². The Morgan fingerprint density at radius 3 is 2.53 bits per heavy atom. The first-order valence-corrected chi connectivity index (χ1v) is 4.41. The minimum absolute atomic E-state index is 0.145. The van der Waals surface area contributed by atoms with Gasteiger partial charge in [0.05, 0.1) is 7.11 Å². The SMILES string of the molecule is C=CC(=O)OC(=Cc1ccccc1)OC. The van der Waals surface area contributed by atoms with Gasteiger partial charge in [-0.3, -0.25) is 0 Å². The molecular weight excluding hydrogens is 192 g/mol. The molecule has 0 unspecified atom stereocenters. The van der Waals surface area contributed by atoms with Crippen LogP contribution in [0.4, 0.5) is 0 Å². The highest BCUT2D eigenvalue weighted by Gasteiger charge is 2.02. The van der Waals surface area contributed by atoms with E-state index in [-0.39, 0.29) is 5.95 Å². The molecule has 0 radical (unpaired) electrons. The Morgan fingerprint density at radius 1 is 1.33 bits per heavy atom. The van der Waals surface area contributed by atoms with Gasteiger partial charge in [-0.2, -0.15) is 0 Å². The summed E-state index contributed by atoms with van der Waals surface area (Å²) in [4.78, 5) is 10.9. The summed E-state index contributed by atoms with van der Waals surface area (Å²) in [6.07, 6.45) is 2.71. The number of esters is 1. The van der Waals surface area contributed by atoms with Gasteiger partial charge in [-0.1, -0.05) is 36.9 Å². The predicted molar refractivity (Wildman–Crippen MR) is 57.7 cm³/mol. The quantitative estimate of drug-likeness (QED) is 0.429. The van der Waals surface area contributed by atoms with E-state index in [0.29, 0.717) is 0 Å². The molecule has 15 heavy (non-hydrogen) atoms. The summed E-state index contributed by atoms with van der Waals surface area (Å²) in [5, 5.41) is 0. The molecule has 0 atom stereocenters. The highest BCUT2D eigenvalue weighted by atomic mass is 16.7. The van der Waals surface area contributed by atoms with Crippen LogP contribution in [0.3, 0.4) is 0 Å². The molecule has 3 heteroatoms. The van der Waals surface area contributed by atoms with Crippen LogP contribution in [0.5, 0.6) is 0 Å². The molecule has 0 aliphatic heterocycles. The molecule has 1 aromatic carbocycles. The zero-order chi connectivity index (χ0) is 11.1. The van der Waals surface area contributed by atoms with Crippen molar-refractivity contribution >= 4 is 12.0 Å². The van der Waals surface area contributed by atoms with Gasteiger partial charge >= 0.3 is 5.97 Å². The van der Waals surface area contributed by atoms with Crippen LogP contribution in [0.15, 0.2) is 48.9 Å². The molecule has 0 aliphatic rings. The molecule has 0 amide bonds. The molecule has 78 valence electrons. The lowest BCUT2D eigenvalue weighted by Crippen LogP contribution is -2.01. The fourth-order valence-corrected chi connectivity index (χ4v) is 0.956. The topological polar surface area (TPSA) is 35.5 Å². The fourth-order valence-electron chi connectivity index (χ4n) is 0.956. The molecule has 3 nitrogen and oxygen atoms in total. The Morgan fingerprint density at radius 2 is 2.00 bits per heavy atom. The van der Waals surface area contributed by atoms with Crippen molar-refractivity contribution in [3.63, 3.8) is 0 Å². The van der Waals surface area contributed by atoms with Crippen LogP contribution in [-0.2, 0) is 14.3 Å². The molecule has 0 aliphatic carbocycles. The summed E-state index contributed by atoms with van der Waals surface area (Å²) in [6, 6.07) is 9.42. The van der Waals surface area contributed by atoms with E-state index < -0.39 is 5.97 Å². The van der Waals surface area contributed by atoms with E-state index in [4.69, 9.17) is 9.47 Å². The molecule has 1 rings (SSSR count). The zero-order valence-electron chi connectivity index (χ0n) is 8.47. The van der Waals surface area contributed by atoms with E-state index in [9.17, 15) is 4.79 Å². The molecular formula is C12H12O3. The third-order valence-electron chi connectivity index (χ3n) is 1.65. The summed E-state index contributed by atoms with van der Waals surface area (Å²) in [5.74, 6) is -0.398. The number of carbonyl (C=O) groups is 1. The molecule has 0 bridgehead atoms. The maximum Gasteiger partial charge on any atom is 0.337 e. The predicted octanol–water partition coefficient (Wildman–Crippen LogP) is 2.36. The van der Waals surface area contributed by atoms with Gasteiger partial charge in [0.1, 0.15) is 0 Å². The van der Waals surface area contributed by atoms with Crippen LogP contribution >= 0.6 is 0 Å². The summed E-state index contributed by atoms with van der Waals surface area (Å²) in [5.41, 5.74) is 0.895. The van der Waals surface area contributed by atoms with Gasteiger partial charge in [-0.05, 0) is 5.56 Å². The number of carbonyl (C=O) groups excluding carboxylic acids is 1. The molecule has 0 N–H and O–H groups in total. The van der Waals surface area contributed by atoms with Crippen molar-refractivity contribution in [2.24, 2.45) is 0 Å². The first-order chi connectivity index (χ1) is 7.26. The van der Waals surface area contributed by atoms with Gasteiger partial charge in [0.2, 0.25) is 0 Å². The molecule has 1 aromatic rings. The molecule has 0 fully saturated rings. The smallest absolute Gasteiger partial charge is 0.337 e. The van der Waals surface area contributed by atoms with Crippen molar-refractivity contribution in [2.75, 3.05) is 7.11 Å². The van der Waals surface area contributed by atoms with Crippen molar-refractivity contribution in [3.8, 4) is 0 Å². The van der Waals surface area contributed by atoms with Crippen LogP contribution in [0, 0.1) is 0 Å². The minimum Gasteiger partial charge on any atom is -0.468 e. The lowest BCUT2D eigenvalue weighted by Gasteiger charge is -2.04. The Kier molecular flexibility index (Phi) is 4.16. The number of benzene rings is 1. The summed E-state index contributed by atoms with van der Waals surface area (Å²) in [6.45, 7) is 3.30. The maximum atomic E-state index is 10.9. The summed E-state index contributed by atoms with van der Waals surface area (Å²) in [7, 11) is 1.44. The molecule has 0 spiro atoms. The van der Waals surface area contributed by atoms with Crippen LogP contribution in [0.25, 0.3) is 6.08 Å². The van der Waals surface area contributed by atoms with E-state index >= 15 is 0 Å². The van der Waals surface area contributed by atoms with E-state index in [1.165, 1.54) is 7.11 Å². The average Bonchev–Trinajstić information content (AvgIpc) is 2.29. The number of hydrogen-bond acceptors (Lipinski definition) is 3. The van der Waals surface area contributed by atoms with Crippen LogP contribution in [0.2, 0.25) is 0 Å². The second-order valence-electron chi connectivity index (χ2n) is 2.70. The van der Waals surface area contributed by atoms with Gasteiger partial charge in [0.25, 0.3) is 5.95 Å². The van der Waals surface area contributed by atoms with E-state index in [1.54, 1.807) is 6.08 Å². The van der Waals surface area contributed by atoms with Crippen LogP contribution in [-0.4, -0.2) is 13.1 Å². The fraction of sp³-hybridized carbons (Fsp3) is 0.0833. The van der Waals surface area contributed by atoms with Crippen LogP contribution < -0.4 is 0 Å². The second kappa shape index (κ2) is 5.65. The third kappa shape index (κ3) is 3.68. The van der Waals surface area contributed by atoms with Gasteiger partial charge in [0.15, 0.2) is 0 Å². The average molecular weight is 204 g/mol. The van der Waals surface area contributed by atoms with E-state index in [0.717, 1.165) is 11.6 Å². The van der Waals surface area contributed by atoms with Crippen molar-refractivity contribution < 1.29 is 14.3 Å². The standard InChI is InChI=1S/C12H12O3/c1-3-11(13)15-12(14-2)9-10-7-5-4-6-8-10/h3-9H,1H2,2H3. The first-order valence-electron chi connectivity index (χ1n) is 4.41. The van der Waals surface area contributed by atoms with Crippen molar-refractivity contribution in [2.45, 2.75) is 0 Å². The van der Waals surface area contributed by atoms with Gasteiger partial charge in [-0.15, -0.1) is 0 Å². The third-order valence-corrected chi connectivity index (χ3v) is 1.65. The Labute approximate surface area is 88.6 Å². The minimum atomic E-state index is -0.543. The lowest BCUT2D eigenvalue weighted by atomic mass is 10.2. The van der Waals surface area contributed by atoms with Gasteiger partial charge in [0, 0.05) is 12.2 Å².